The van der Waals surface area contributed by atoms with Gasteiger partial charge in [-0.1, -0.05) is 30.3 Å². The van der Waals surface area contributed by atoms with Crippen LogP contribution in [0.15, 0.2) is 42.5 Å². The fourth-order valence-corrected chi connectivity index (χ4v) is 4.81. The standard InChI is InChI=1S/C24H29NO5/c1-29-21-14-17-13-18(23(26)20(17)15-22(21)30-2)12-16-8-10-25(11-9-16)24(27,28)19-6-4-3-5-7-19/h3-7,14-16,18,27-28H,8-13H2,1-2H3. The van der Waals surface area contributed by atoms with Crippen LogP contribution in [0, 0.1) is 11.8 Å². The number of Topliss-reactive ketones (excluding diaryl/α,β-unsaturated/α-hetero) is 1. The van der Waals surface area contributed by atoms with Crippen LogP contribution in [0.5, 0.6) is 11.5 Å². The van der Waals surface area contributed by atoms with Crippen LogP contribution in [-0.4, -0.2) is 48.2 Å². The summed E-state index contributed by atoms with van der Waals surface area (Å²) in [7, 11) is 3.18. The second kappa shape index (κ2) is 8.38. The number of carbonyl (C=O) groups is 1. The first-order chi connectivity index (χ1) is 14.4. The quantitative estimate of drug-likeness (QED) is 0.712. The van der Waals surface area contributed by atoms with E-state index in [0.717, 1.165) is 36.8 Å². The summed E-state index contributed by atoms with van der Waals surface area (Å²) >= 11 is 0. The molecule has 0 spiro atoms. The predicted molar refractivity (Wildman–Crippen MR) is 113 cm³/mol. The van der Waals surface area contributed by atoms with Gasteiger partial charge < -0.3 is 19.7 Å². The lowest BCUT2D eigenvalue weighted by Crippen LogP contribution is -2.50. The second-order valence-electron chi connectivity index (χ2n) is 8.30. The van der Waals surface area contributed by atoms with Gasteiger partial charge in [0.1, 0.15) is 0 Å². The molecule has 1 aliphatic carbocycles. The number of hydrogen-bond donors (Lipinski definition) is 2. The number of aliphatic hydroxyl groups is 2. The normalized spacial score (nSPS) is 20.3. The highest BCUT2D eigenvalue weighted by molar-refractivity contribution is 6.02. The van der Waals surface area contributed by atoms with E-state index in [1.807, 2.05) is 12.1 Å². The van der Waals surface area contributed by atoms with Crippen molar-refractivity contribution in [2.75, 3.05) is 27.3 Å². The number of piperidine rings is 1. The maximum atomic E-state index is 13.0. The first kappa shape index (κ1) is 20.8. The van der Waals surface area contributed by atoms with Crippen LogP contribution in [-0.2, 0) is 12.3 Å². The molecule has 1 fully saturated rings. The van der Waals surface area contributed by atoms with Gasteiger partial charge in [-0.15, -0.1) is 0 Å². The summed E-state index contributed by atoms with van der Waals surface area (Å²) in [5, 5.41) is 21.3. The summed E-state index contributed by atoms with van der Waals surface area (Å²) in [6.07, 6.45) is 3.22. The van der Waals surface area contributed by atoms with Gasteiger partial charge in [-0.25, -0.2) is 4.90 Å². The Kier molecular flexibility index (Phi) is 5.82. The molecule has 6 nitrogen and oxygen atoms in total. The number of nitrogens with zero attached hydrogens (tertiary/aromatic N) is 1. The van der Waals surface area contributed by atoms with E-state index in [2.05, 4.69) is 0 Å². The van der Waals surface area contributed by atoms with Gasteiger partial charge in [-0.3, -0.25) is 4.79 Å². The highest BCUT2D eigenvalue weighted by atomic mass is 16.5. The predicted octanol–water partition coefficient (Wildman–Crippen LogP) is 2.96. The van der Waals surface area contributed by atoms with Crippen molar-refractivity contribution >= 4 is 5.78 Å². The summed E-state index contributed by atoms with van der Waals surface area (Å²) in [4.78, 5) is 14.7. The van der Waals surface area contributed by atoms with Gasteiger partial charge in [0.2, 0.25) is 0 Å². The molecule has 0 aromatic heterocycles. The molecule has 1 heterocycles. The molecule has 0 bridgehead atoms. The molecule has 1 aliphatic heterocycles. The van der Waals surface area contributed by atoms with E-state index in [0.29, 0.717) is 36.1 Å². The smallest absolute Gasteiger partial charge is 0.253 e. The van der Waals surface area contributed by atoms with Crippen molar-refractivity contribution in [3.63, 3.8) is 0 Å². The average Bonchev–Trinajstić information content (AvgIpc) is 3.08. The van der Waals surface area contributed by atoms with E-state index in [1.165, 1.54) is 0 Å². The SMILES string of the molecule is COc1cc2c(cc1OC)C(=O)C(CC1CCN(C(O)(O)c3ccccc3)CC1)C2. The average molecular weight is 411 g/mol. The van der Waals surface area contributed by atoms with Gasteiger partial charge >= 0.3 is 0 Å². The molecule has 160 valence electrons. The lowest BCUT2D eigenvalue weighted by Gasteiger charge is -2.40. The van der Waals surface area contributed by atoms with Crippen LogP contribution in [0.3, 0.4) is 0 Å². The molecular formula is C24H29NO5. The minimum Gasteiger partial charge on any atom is -0.493 e. The Morgan fingerprint density at radius 1 is 1.03 bits per heavy atom. The first-order valence-corrected chi connectivity index (χ1v) is 10.5. The van der Waals surface area contributed by atoms with Crippen molar-refractivity contribution < 1.29 is 24.5 Å². The number of benzene rings is 2. The fourth-order valence-electron chi connectivity index (χ4n) is 4.81. The van der Waals surface area contributed by atoms with Crippen LogP contribution in [0.1, 0.15) is 40.7 Å². The third-order valence-electron chi connectivity index (χ3n) is 6.55. The van der Waals surface area contributed by atoms with Crippen LogP contribution < -0.4 is 9.47 Å². The summed E-state index contributed by atoms with van der Waals surface area (Å²) in [5.74, 6) is -0.187. The molecule has 2 N–H and O–H groups in total. The summed E-state index contributed by atoms with van der Waals surface area (Å²) in [6.45, 7) is 1.17. The molecule has 1 saturated heterocycles. The zero-order valence-electron chi connectivity index (χ0n) is 17.5. The van der Waals surface area contributed by atoms with E-state index < -0.39 is 5.91 Å². The highest BCUT2D eigenvalue weighted by Crippen LogP contribution is 2.40. The number of hydrogen-bond acceptors (Lipinski definition) is 6. The third-order valence-corrected chi connectivity index (χ3v) is 6.55. The largest absolute Gasteiger partial charge is 0.493 e. The van der Waals surface area contributed by atoms with Crippen molar-refractivity contribution in [2.45, 2.75) is 31.6 Å². The molecule has 2 aromatic carbocycles. The summed E-state index contributed by atoms with van der Waals surface area (Å²) < 4.78 is 10.7. The summed E-state index contributed by atoms with van der Waals surface area (Å²) in [6, 6.07) is 12.6. The van der Waals surface area contributed by atoms with Gasteiger partial charge in [0, 0.05) is 30.1 Å². The van der Waals surface area contributed by atoms with Gasteiger partial charge in [0.25, 0.3) is 5.91 Å². The number of ketones is 1. The molecule has 1 atom stereocenters. The lowest BCUT2D eigenvalue weighted by molar-refractivity contribution is -0.280. The van der Waals surface area contributed by atoms with E-state index in [1.54, 1.807) is 49.5 Å². The Morgan fingerprint density at radius 2 is 1.67 bits per heavy atom. The number of likely N-dealkylation sites (tertiary alicyclic amines) is 1. The zero-order valence-corrected chi connectivity index (χ0v) is 17.5. The van der Waals surface area contributed by atoms with Crippen LogP contribution in [0.25, 0.3) is 0 Å². The molecule has 2 aliphatic rings. The topological polar surface area (TPSA) is 79.2 Å². The lowest BCUT2D eigenvalue weighted by atomic mass is 9.85. The van der Waals surface area contributed by atoms with Gasteiger partial charge in [-0.05, 0) is 49.3 Å². The minimum atomic E-state index is -1.96. The zero-order chi connectivity index (χ0) is 21.3. The van der Waals surface area contributed by atoms with E-state index >= 15 is 0 Å². The second-order valence-corrected chi connectivity index (χ2v) is 8.30. The van der Waals surface area contributed by atoms with Crippen molar-refractivity contribution in [3.8, 4) is 11.5 Å². The Hall–Kier alpha value is -2.41. The van der Waals surface area contributed by atoms with E-state index in [9.17, 15) is 15.0 Å². The van der Waals surface area contributed by atoms with E-state index in [-0.39, 0.29) is 11.7 Å². The Balaban J connectivity index is 1.38. The molecule has 4 rings (SSSR count). The molecule has 0 amide bonds. The van der Waals surface area contributed by atoms with Crippen LogP contribution in [0.4, 0.5) is 0 Å². The Labute approximate surface area is 177 Å². The van der Waals surface area contributed by atoms with Crippen molar-refractivity contribution in [1.82, 2.24) is 4.90 Å². The Bertz CT molecular complexity index is 903. The van der Waals surface area contributed by atoms with Crippen molar-refractivity contribution in [3.05, 3.63) is 59.2 Å². The van der Waals surface area contributed by atoms with Crippen LogP contribution >= 0.6 is 0 Å². The highest BCUT2D eigenvalue weighted by Gasteiger charge is 2.39. The maximum absolute atomic E-state index is 13.0. The molecule has 0 radical (unpaired) electrons. The van der Waals surface area contributed by atoms with Gasteiger partial charge in [0.15, 0.2) is 17.3 Å². The maximum Gasteiger partial charge on any atom is 0.253 e. The van der Waals surface area contributed by atoms with Crippen molar-refractivity contribution in [2.24, 2.45) is 11.8 Å². The first-order valence-electron chi connectivity index (χ1n) is 10.5. The minimum absolute atomic E-state index is 0.0319. The monoisotopic (exact) mass is 411 g/mol. The number of fused-ring (bicyclic) bond motifs is 1. The number of carbonyl (C=O) groups excluding carboxylic acids is 1. The van der Waals surface area contributed by atoms with Crippen molar-refractivity contribution in [1.29, 1.82) is 0 Å². The number of rotatable bonds is 6. The van der Waals surface area contributed by atoms with Gasteiger partial charge in [0.05, 0.1) is 14.2 Å². The fraction of sp³-hybridized carbons (Fsp3) is 0.458. The molecule has 1 unspecified atom stereocenters. The van der Waals surface area contributed by atoms with Crippen LogP contribution in [0.2, 0.25) is 0 Å². The van der Waals surface area contributed by atoms with Gasteiger partial charge in [-0.2, -0.15) is 0 Å². The number of methoxy groups -OCH3 is 2. The molecule has 2 aromatic rings. The summed E-state index contributed by atoms with van der Waals surface area (Å²) in [5.41, 5.74) is 2.24. The Morgan fingerprint density at radius 3 is 2.30 bits per heavy atom. The molecule has 30 heavy (non-hydrogen) atoms. The molecule has 0 saturated carbocycles. The van der Waals surface area contributed by atoms with E-state index in [4.69, 9.17) is 9.47 Å². The number of ether oxygens (including phenoxy) is 2. The third kappa shape index (κ3) is 3.83. The molecular weight excluding hydrogens is 382 g/mol. The molecule has 6 heteroatoms.